The van der Waals surface area contributed by atoms with E-state index in [0.717, 1.165) is 22.4 Å². The van der Waals surface area contributed by atoms with Gasteiger partial charge >= 0.3 is 5.97 Å². The zero-order valence-electron chi connectivity index (χ0n) is 19.9. The van der Waals surface area contributed by atoms with Crippen molar-refractivity contribution in [1.82, 2.24) is 0 Å². The Labute approximate surface area is 200 Å². The van der Waals surface area contributed by atoms with Crippen LogP contribution in [0.2, 0.25) is 0 Å². The van der Waals surface area contributed by atoms with Crippen molar-refractivity contribution >= 4 is 23.6 Å². The van der Waals surface area contributed by atoms with E-state index >= 15 is 0 Å². The molecule has 0 spiro atoms. The van der Waals surface area contributed by atoms with E-state index in [2.05, 4.69) is 5.32 Å². The number of ether oxygens (including phenoxy) is 3. The Morgan fingerprint density at radius 1 is 0.853 bits per heavy atom. The Morgan fingerprint density at radius 2 is 1.56 bits per heavy atom. The predicted molar refractivity (Wildman–Crippen MR) is 134 cm³/mol. The van der Waals surface area contributed by atoms with Crippen LogP contribution in [0.3, 0.4) is 0 Å². The fraction of sp³-hybridized carbons (Fsp3) is 0.214. The van der Waals surface area contributed by atoms with Crippen molar-refractivity contribution in [1.29, 1.82) is 0 Å². The van der Waals surface area contributed by atoms with Crippen molar-refractivity contribution in [3.63, 3.8) is 0 Å². The molecule has 0 radical (unpaired) electrons. The molecule has 3 aromatic rings. The summed E-state index contributed by atoms with van der Waals surface area (Å²) >= 11 is 0. The van der Waals surface area contributed by atoms with Gasteiger partial charge in [0.15, 0.2) is 11.5 Å². The number of amides is 1. The molecule has 6 nitrogen and oxygen atoms in total. The van der Waals surface area contributed by atoms with Crippen LogP contribution in [0.1, 0.15) is 40.9 Å². The molecular formula is C28H29NO5. The zero-order valence-corrected chi connectivity index (χ0v) is 19.9. The number of nitrogens with one attached hydrogen (secondary N) is 1. The summed E-state index contributed by atoms with van der Waals surface area (Å²) in [5.41, 5.74) is 4.07. The van der Waals surface area contributed by atoms with Crippen LogP contribution in [0.4, 0.5) is 5.69 Å². The third kappa shape index (κ3) is 6.72. The number of aryl methyl sites for hydroxylation is 2. The highest BCUT2D eigenvalue weighted by Gasteiger charge is 2.10. The second-order valence-corrected chi connectivity index (χ2v) is 7.62. The Bertz CT molecular complexity index is 1180. The molecule has 0 aliphatic carbocycles. The lowest BCUT2D eigenvalue weighted by Gasteiger charge is -2.11. The van der Waals surface area contributed by atoms with Crippen LogP contribution in [0.15, 0.2) is 66.7 Å². The van der Waals surface area contributed by atoms with E-state index < -0.39 is 5.97 Å². The molecule has 0 saturated carbocycles. The lowest BCUT2D eigenvalue weighted by molar-refractivity contribution is -0.128. The molecule has 0 fully saturated rings. The van der Waals surface area contributed by atoms with Crippen molar-refractivity contribution in [2.75, 3.05) is 18.5 Å². The maximum atomic E-state index is 12.6. The molecule has 0 unspecified atom stereocenters. The van der Waals surface area contributed by atoms with E-state index in [1.165, 1.54) is 6.08 Å². The minimum absolute atomic E-state index is 0.230. The van der Waals surface area contributed by atoms with Gasteiger partial charge in [-0.2, -0.15) is 0 Å². The standard InChI is InChI=1S/C28H29NO5/c1-5-32-25-15-9-21(18-26(25)33-6-2)10-16-27(30)34-23-13-11-22(12-14-23)28(31)29-24-17-19(3)7-8-20(24)4/h7-18H,5-6H2,1-4H3,(H,29,31)/b16-10+. The van der Waals surface area contributed by atoms with Crippen LogP contribution in [0.25, 0.3) is 6.08 Å². The number of carbonyl (C=O) groups is 2. The Morgan fingerprint density at radius 3 is 2.26 bits per heavy atom. The molecule has 176 valence electrons. The molecule has 0 bridgehead atoms. The third-order valence-electron chi connectivity index (χ3n) is 4.96. The Hall–Kier alpha value is -4.06. The van der Waals surface area contributed by atoms with Gasteiger partial charge in [0, 0.05) is 17.3 Å². The molecular weight excluding hydrogens is 430 g/mol. The number of hydrogen-bond donors (Lipinski definition) is 1. The molecule has 0 aromatic heterocycles. The summed E-state index contributed by atoms with van der Waals surface area (Å²) in [5.74, 6) is 0.867. The molecule has 6 heteroatoms. The molecule has 0 aliphatic rings. The van der Waals surface area contributed by atoms with Gasteiger partial charge in [0.25, 0.3) is 5.91 Å². The first-order valence-corrected chi connectivity index (χ1v) is 11.2. The molecule has 0 saturated heterocycles. The van der Waals surface area contributed by atoms with Gasteiger partial charge in [-0.1, -0.05) is 18.2 Å². The highest BCUT2D eigenvalue weighted by molar-refractivity contribution is 6.04. The first-order valence-electron chi connectivity index (χ1n) is 11.2. The minimum atomic E-state index is -0.528. The average molecular weight is 460 g/mol. The van der Waals surface area contributed by atoms with Crippen LogP contribution < -0.4 is 19.5 Å². The second-order valence-electron chi connectivity index (χ2n) is 7.62. The second kappa shape index (κ2) is 11.7. The number of hydrogen-bond acceptors (Lipinski definition) is 5. The van der Waals surface area contributed by atoms with Crippen molar-refractivity contribution < 1.29 is 23.8 Å². The van der Waals surface area contributed by atoms with E-state index in [-0.39, 0.29) is 5.91 Å². The first-order chi connectivity index (χ1) is 16.4. The molecule has 3 aromatic carbocycles. The zero-order chi connectivity index (χ0) is 24.5. The summed E-state index contributed by atoms with van der Waals surface area (Å²) in [7, 11) is 0. The van der Waals surface area contributed by atoms with Crippen molar-refractivity contribution in [2.45, 2.75) is 27.7 Å². The number of rotatable bonds is 9. The lowest BCUT2D eigenvalue weighted by Crippen LogP contribution is -2.13. The van der Waals surface area contributed by atoms with Gasteiger partial charge in [-0.15, -0.1) is 0 Å². The molecule has 1 amide bonds. The lowest BCUT2D eigenvalue weighted by atomic mass is 10.1. The van der Waals surface area contributed by atoms with Gasteiger partial charge in [-0.05, 0) is 92.9 Å². The maximum absolute atomic E-state index is 12.6. The normalized spacial score (nSPS) is 10.7. The van der Waals surface area contributed by atoms with Gasteiger partial charge in [-0.25, -0.2) is 4.79 Å². The largest absolute Gasteiger partial charge is 0.490 e. The SMILES string of the molecule is CCOc1ccc(/C=C/C(=O)Oc2ccc(C(=O)Nc3cc(C)ccc3C)cc2)cc1OCC. The molecule has 0 heterocycles. The van der Waals surface area contributed by atoms with Crippen molar-refractivity contribution in [3.8, 4) is 17.2 Å². The topological polar surface area (TPSA) is 73.9 Å². The van der Waals surface area contributed by atoms with E-state index in [4.69, 9.17) is 14.2 Å². The summed E-state index contributed by atoms with van der Waals surface area (Å²) in [6.45, 7) is 8.76. The smallest absolute Gasteiger partial charge is 0.336 e. The highest BCUT2D eigenvalue weighted by atomic mass is 16.5. The monoisotopic (exact) mass is 459 g/mol. The van der Waals surface area contributed by atoms with Crippen LogP contribution in [-0.4, -0.2) is 25.1 Å². The van der Waals surface area contributed by atoms with Crippen LogP contribution in [-0.2, 0) is 4.79 Å². The number of anilines is 1. The fourth-order valence-corrected chi connectivity index (χ4v) is 3.23. The summed E-state index contributed by atoms with van der Waals surface area (Å²) < 4.78 is 16.5. The van der Waals surface area contributed by atoms with Gasteiger partial charge < -0.3 is 19.5 Å². The Kier molecular flexibility index (Phi) is 8.46. The van der Waals surface area contributed by atoms with E-state index in [9.17, 15) is 9.59 Å². The van der Waals surface area contributed by atoms with Gasteiger partial charge in [0.2, 0.25) is 0 Å². The number of carbonyl (C=O) groups excluding carboxylic acids is 2. The predicted octanol–water partition coefficient (Wildman–Crippen LogP) is 5.97. The summed E-state index contributed by atoms with van der Waals surface area (Å²) in [4.78, 5) is 24.8. The highest BCUT2D eigenvalue weighted by Crippen LogP contribution is 2.29. The Balaban J connectivity index is 1.61. The van der Waals surface area contributed by atoms with Gasteiger partial charge in [-0.3, -0.25) is 4.79 Å². The third-order valence-corrected chi connectivity index (χ3v) is 4.96. The van der Waals surface area contributed by atoms with Crippen LogP contribution in [0.5, 0.6) is 17.2 Å². The maximum Gasteiger partial charge on any atom is 0.336 e. The minimum Gasteiger partial charge on any atom is -0.490 e. The van der Waals surface area contributed by atoms with Gasteiger partial charge in [0.05, 0.1) is 13.2 Å². The average Bonchev–Trinajstić information content (AvgIpc) is 2.82. The number of benzene rings is 3. The molecule has 34 heavy (non-hydrogen) atoms. The van der Waals surface area contributed by atoms with E-state index in [1.54, 1.807) is 30.3 Å². The molecule has 3 rings (SSSR count). The van der Waals surface area contributed by atoms with Crippen molar-refractivity contribution in [2.24, 2.45) is 0 Å². The number of esters is 1. The van der Waals surface area contributed by atoms with Gasteiger partial charge in [0.1, 0.15) is 5.75 Å². The summed E-state index contributed by atoms with van der Waals surface area (Å²) in [5, 5.41) is 2.91. The van der Waals surface area contributed by atoms with Crippen molar-refractivity contribution in [3.05, 3.63) is 89.0 Å². The fourth-order valence-electron chi connectivity index (χ4n) is 3.23. The first kappa shape index (κ1) is 24.6. The molecule has 1 N–H and O–H groups in total. The molecule has 0 aliphatic heterocycles. The summed E-state index contributed by atoms with van der Waals surface area (Å²) in [6, 6.07) is 17.8. The van der Waals surface area contributed by atoms with Crippen LogP contribution >= 0.6 is 0 Å². The van der Waals surface area contributed by atoms with E-state index in [0.29, 0.717) is 36.0 Å². The van der Waals surface area contributed by atoms with E-state index in [1.807, 2.05) is 64.1 Å². The quantitative estimate of drug-likeness (QED) is 0.242. The summed E-state index contributed by atoms with van der Waals surface area (Å²) in [6.07, 6.45) is 2.99. The van der Waals surface area contributed by atoms with Crippen LogP contribution in [0, 0.1) is 13.8 Å². The molecule has 0 atom stereocenters.